The summed E-state index contributed by atoms with van der Waals surface area (Å²) in [6.45, 7) is 0.405. The Kier molecular flexibility index (Phi) is 5.15. The van der Waals surface area contributed by atoms with E-state index >= 15 is 0 Å². The van der Waals surface area contributed by atoms with Crippen molar-refractivity contribution in [2.24, 2.45) is 5.73 Å². The molecule has 0 spiro atoms. The average molecular weight is 294 g/mol. The fourth-order valence-corrected chi connectivity index (χ4v) is 3.47. The van der Waals surface area contributed by atoms with Crippen LogP contribution in [0.4, 0.5) is 0 Å². The highest BCUT2D eigenvalue weighted by atomic mass is 35.5. The van der Waals surface area contributed by atoms with Gasteiger partial charge in [0.15, 0.2) is 0 Å². The molecule has 0 bridgehead atoms. The zero-order chi connectivity index (χ0) is 12.8. The van der Waals surface area contributed by atoms with E-state index in [1.807, 2.05) is 18.2 Å². The van der Waals surface area contributed by atoms with Crippen LogP contribution in [0.3, 0.4) is 0 Å². The third-order valence-electron chi connectivity index (χ3n) is 2.17. The van der Waals surface area contributed by atoms with Crippen molar-refractivity contribution in [3.8, 4) is 11.8 Å². The number of hydrogen-bond acceptors (Lipinski definition) is 3. The van der Waals surface area contributed by atoms with Gasteiger partial charge in [0.25, 0.3) is 0 Å². The summed E-state index contributed by atoms with van der Waals surface area (Å²) in [4.78, 5) is 2.49. The van der Waals surface area contributed by atoms with E-state index in [9.17, 15) is 0 Å². The maximum Gasteiger partial charge on any atom is 0.0555 e. The van der Waals surface area contributed by atoms with Crippen LogP contribution in [0, 0.1) is 11.8 Å². The Hall–Kier alpha value is -0.920. The zero-order valence-electron chi connectivity index (χ0n) is 9.65. The van der Waals surface area contributed by atoms with Crippen LogP contribution in [0.1, 0.15) is 10.4 Å². The fraction of sp³-hybridized carbons (Fsp3) is 0.143. The lowest BCUT2D eigenvalue weighted by Gasteiger charge is -1.99. The van der Waals surface area contributed by atoms with Gasteiger partial charge in [-0.05, 0) is 24.3 Å². The Bertz CT molecular complexity index is 581. The first kappa shape index (κ1) is 13.5. The highest BCUT2D eigenvalue weighted by Gasteiger charge is 2.00. The summed E-state index contributed by atoms with van der Waals surface area (Å²) in [7, 11) is 0. The van der Waals surface area contributed by atoms with E-state index in [0.29, 0.717) is 6.54 Å². The number of nitrogens with two attached hydrogens (primary N) is 1. The molecule has 0 fully saturated rings. The second-order valence-corrected chi connectivity index (χ2v) is 6.03. The minimum absolute atomic E-state index is 0.405. The molecule has 92 valence electrons. The third kappa shape index (κ3) is 4.08. The van der Waals surface area contributed by atoms with E-state index < -0.39 is 0 Å². The Morgan fingerprint density at radius 3 is 3.00 bits per heavy atom. The Morgan fingerprint density at radius 2 is 2.22 bits per heavy atom. The number of hydrogen-bond donors (Lipinski definition) is 1. The molecule has 0 saturated carbocycles. The molecule has 1 aromatic heterocycles. The predicted octanol–water partition coefficient (Wildman–Crippen LogP) is 4.00. The lowest BCUT2D eigenvalue weighted by molar-refractivity contribution is 1.30. The monoisotopic (exact) mass is 293 g/mol. The summed E-state index contributed by atoms with van der Waals surface area (Å²) in [5.41, 5.74) is 6.39. The molecule has 0 aliphatic heterocycles. The van der Waals surface area contributed by atoms with Crippen molar-refractivity contribution in [1.82, 2.24) is 0 Å². The highest BCUT2D eigenvalue weighted by molar-refractivity contribution is 7.98. The van der Waals surface area contributed by atoms with Crippen LogP contribution >= 0.6 is 34.7 Å². The van der Waals surface area contributed by atoms with Crippen molar-refractivity contribution in [3.05, 3.63) is 51.2 Å². The number of thioether (sulfide) groups is 1. The van der Waals surface area contributed by atoms with Gasteiger partial charge in [0, 0.05) is 31.5 Å². The van der Waals surface area contributed by atoms with E-state index in [4.69, 9.17) is 17.3 Å². The molecule has 1 nitrogen and oxygen atoms in total. The molecule has 0 saturated heterocycles. The van der Waals surface area contributed by atoms with E-state index in [2.05, 4.69) is 29.4 Å². The van der Waals surface area contributed by atoms with Crippen LogP contribution in [0.15, 0.2) is 40.6 Å². The fourth-order valence-electron chi connectivity index (χ4n) is 1.39. The topological polar surface area (TPSA) is 26.0 Å². The SMILES string of the molecule is NCC#Cc1csc(CSc2cccc(Cl)c2)c1. The van der Waals surface area contributed by atoms with Crippen molar-refractivity contribution in [3.63, 3.8) is 0 Å². The number of rotatable bonds is 3. The first-order valence-corrected chi connectivity index (χ1v) is 7.67. The quantitative estimate of drug-likeness (QED) is 0.684. The summed E-state index contributed by atoms with van der Waals surface area (Å²) in [6, 6.07) is 10.0. The van der Waals surface area contributed by atoms with Gasteiger partial charge in [-0.2, -0.15) is 0 Å². The average Bonchev–Trinajstić information content (AvgIpc) is 2.82. The van der Waals surface area contributed by atoms with E-state index in [-0.39, 0.29) is 0 Å². The molecule has 0 aliphatic carbocycles. The Labute approximate surface area is 120 Å². The van der Waals surface area contributed by atoms with Gasteiger partial charge in [-0.25, -0.2) is 0 Å². The van der Waals surface area contributed by atoms with Crippen LogP contribution in [-0.2, 0) is 5.75 Å². The largest absolute Gasteiger partial charge is 0.320 e. The first-order chi connectivity index (χ1) is 8.78. The first-order valence-electron chi connectivity index (χ1n) is 5.42. The predicted molar refractivity (Wildman–Crippen MR) is 81.3 cm³/mol. The zero-order valence-corrected chi connectivity index (χ0v) is 12.0. The Morgan fingerprint density at radius 1 is 1.33 bits per heavy atom. The van der Waals surface area contributed by atoms with Gasteiger partial charge in [-0.1, -0.05) is 29.5 Å². The normalized spacial score (nSPS) is 9.89. The molecule has 18 heavy (non-hydrogen) atoms. The molecular formula is C14H12ClNS2. The smallest absolute Gasteiger partial charge is 0.0555 e. The van der Waals surface area contributed by atoms with Gasteiger partial charge >= 0.3 is 0 Å². The molecule has 0 atom stereocenters. The summed E-state index contributed by atoms with van der Waals surface area (Å²) in [5, 5.41) is 2.84. The highest BCUT2D eigenvalue weighted by Crippen LogP contribution is 2.27. The number of benzene rings is 1. The van der Waals surface area contributed by atoms with Crippen LogP contribution < -0.4 is 5.73 Å². The number of halogens is 1. The molecule has 0 unspecified atom stereocenters. The molecular weight excluding hydrogens is 282 g/mol. The van der Waals surface area contributed by atoms with E-state index in [0.717, 1.165) is 16.3 Å². The van der Waals surface area contributed by atoms with Gasteiger partial charge in [-0.15, -0.1) is 23.1 Å². The molecule has 0 aliphatic rings. The van der Waals surface area contributed by atoms with E-state index in [1.54, 1.807) is 23.1 Å². The third-order valence-corrected chi connectivity index (χ3v) is 4.56. The van der Waals surface area contributed by atoms with Crippen LogP contribution in [0.5, 0.6) is 0 Å². The maximum atomic E-state index is 5.95. The molecule has 4 heteroatoms. The second-order valence-electron chi connectivity index (χ2n) is 3.55. The molecule has 2 aromatic rings. The second kappa shape index (κ2) is 6.86. The van der Waals surface area contributed by atoms with Crippen molar-refractivity contribution in [2.75, 3.05) is 6.54 Å². The summed E-state index contributed by atoms with van der Waals surface area (Å²) < 4.78 is 0. The van der Waals surface area contributed by atoms with Crippen LogP contribution in [-0.4, -0.2) is 6.54 Å². The van der Waals surface area contributed by atoms with Crippen LogP contribution in [0.2, 0.25) is 5.02 Å². The van der Waals surface area contributed by atoms with Crippen LogP contribution in [0.25, 0.3) is 0 Å². The van der Waals surface area contributed by atoms with Gasteiger partial charge in [0.1, 0.15) is 0 Å². The van der Waals surface area contributed by atoms with Crippen molar-refractivity contribution in [1.29, 1.82) is 0 Å². The maximum absolute atomic E-state index is 5.95. The lowest BCUT2D eigenvalue weighted by Crippen LogP contribution is -1.92. The van der Waals surface area contributed by atoms with Crippen molar-refractivity contribution >= 4 is 34.7 Å². The van der Waals surface area contributed by atoms with Gasteiger partial charge in [0.2, 0.25) is 0 Å². The standard InChI is InChI=1S/C14H12ClNS2/c15-12-4-1-5-13(8-12)18-10-14-7-11(9-17-14)3-2-6-16/h1,4-5,7-9H,6,10,16H2. The minimum atomic E-state index is 0.405. The van der Waals surface area contributed by atoms with Crippen molar-refractivity contribution in [2.45, 2.75) is 10.6 Å². The molecule has 1 heterocycles. The molecule has 0 radical (unpaired) electrons. The van der Waals surface area contributed by atoms with Gasteiger partial charge in [-0.3, -0.25) is 0 Å². The summed E-state index contributed by atoms with van der Waals surface area (Å²) in [6.07, 6.45) is 0. The van der Waals surface area contributed by atoms with Gasteiger partial charge < -0.3 is 5.73 Å². The lowest BCUT2D eigenvalue weighted by atomic mass is 10.3. The van der Waals surface area contributed by atoms with Crippen molar-refractivity contribution < 1.29 is 0 Å². The summed E-state index contributed by atoms with van der Waals surface area (Å²) >= 11 is 9.45. The van der Waals surface area contributed by atoms with Gasteiger partial charge in [0.05, 0.1) is 6.54 Å². The van der Waals surface area contributed by atoms with E-state index in [1.165, 1.54) is 9.77 Å². The minimum Gasteiger partial charge on any atom is -0.320 e. The molecule has 0 amide bonds. The molecule has 1 aromatic carbocycles. The number of thiophene rings is 1. The summed E-state index contributed by atoms with van der Waals surface area (Å²) in [5.74, 6) is 6.84. The molecule has 2 rings (SSSR count). The Balaban J connectivity index is 1.96. The molecule has 2 N–H and O–H groups in total.